The number of sulfonamides is 1. The Morgan fingerprint density at radius 1 is 1.11 bits per heavy atom. The summed E-state index contributed by atoms with van der Waals surface area (Å²) >= 11 is 7.61. The summed E-state index contributed by atoms with van der Waals surface area (Å²) in [6.45, 7) is 1.74. The van der Waals surface area contributed by atoms with Crippen molar-refractivity contribution in [2.75, 3.05) is 11.0 Å². The molecule has 140 valence electrons. The van der Waals surface area contributed by atoms with E-state index in [0.29, 0.717) is 21.3 Å². The van der Waals surface area contributed by atoms with Crippen LogP contribution in [0.5, 0.6) is 0 Å². The Bertz CT molecular complexity index is 1140. The van der Waals surface area contributed by atoms with Crippen molar-refractivity contribution in [2.24, 2.45) is 5.10 Å². The van der Waals surface area contributed by atoms with Gasteiger partial charge in [0.1, 0.15) is 4.88 Å². The largest absolute Gasteiger partial charge is 0.284 e. The summed E-state index contributed by atoms with van der Waals surface area (Å²) in [5.41, 5.74) is 4.29. The van der Waals surface area contributed by atoms with Gasteiger partial charge in [-0.25, -0.2) is 13.8 Å². The summed E-state index contributed by atoms with van der Waals surface area (Å²) in [5, 5.41) is 5.36. The number of fused-ring (bicyclic) bond motifs is 1. The molecule has 2 N–H and O–H groups in total. The van der Waals surface area contributed by atoms with Crippen LogP contribution in [0, 0.1) is 0 Å². The van der Waals surface area contributed by atoms with Gasteiger partial charge in [-0.05, 0) is 30.7 Å². The Morgan fingerprint density at radius 3 is 2.41 bits per heavy atom. The van der Waals surface area contributed by atoms with Gasteiger partial charge in [0.2, 0.25) is 10.0 Å². The number of nitrogens with one attached hydrogen (secondary N) is 2. The number of carbonyl (C=O) groups excluding carboxylic acids is 1. The third-order valence-corrected chi connectivity index (χ3v) is 5.95. The van der Waals surface area contributed by atoms with Crippen LogP contribution in [0.1, 0.15) is 22.2 Å². The molecule has 9 heteroatoms. The maximum absolute atomic E-state index is 12.4. The maximum Gasteiger partial charge on any atom is 0.283 e. The monoisotopic (exact) mass is 421 g/mol. The van der Waals surface area contributed by atoms with Crippen molar-refractivity contribution >= 4 is 60.4 Å². The highest BCUT2D eigenvalue weighted by Crippen LogP contribution is 2.34. The van der Waals surface area contributed by atoms with E-state index in [1.54, 1.807) is 31.2 Å². The predicted molar refractivity (Wildman–Crippen MR) is 111 cm³/mol. The second-order valence-electron chi connectivity index (χ2n) is 5.83. The van der Waals surface area contributed by atoms with Crippen LogP contribution in [0.3, 0.4) is 0 Å². The van der Waals surface area contributed by atoms with E-state index in [2.05, 4.69) is 15.2 Å². The molecule has 0 saturated carbocycles. The number of rotatable bonds is 5. The number of hydrogen-bond acceptors (Lipinski definition) is 5. The van der Waals surface area contributed by atoms with E-state index < -0.39 is 10.0 Å². The summed E-state index contributed by atoms with van der Waals surface area (Å²) in [7, 11) is -3.33. The van der Waals surface area contributed by atoms with Gasteiger partial charge in [0, 0.05) is 15.8 Å². The minimum absolute atomic E-state index is 0.379. The van der Waals surface area contributed by atoms with E-state index in [4.69, 9.17) is 11.6 Å². The van der Waals surface area contributed by atoms with Crippen LogP contribution in [0.15, 0.2) is 53.6 Å². The Balaban J connectivity index is 1.74. The van der Waals surface area contributed by atoms with E-state index in [1.807, 2.05) is 24.3 Å². The Morgan fingerprint density at radius 2 is 1.78 bits per heavy atom. The first-order valence-corrected chi connectivity index (χ1v) is 10.9. The second kappa shape index (κ2) is 7.67. The highest BCUT2D eigenvalue weighted by molar-refractivity contribution is 7.92. The smallest absolute Gasteiger partial charge is 0.283 e. The van der Waals surface area contributed by atoms with Crippen molar-refractivity contribution in [3.8, 4) is 0 Å². The van der Waals surface area contributed by atoms with Gasteiger partial charge in [-0.2, -0.15) is 5.10 Å². The SMILES string of the molecule is C/C(=N/NC(=O)c1sc2ccccc2c1Cl)c1ccc(NS(C)(=O)=O)cc1. The van der Waals surface area contributed by atoms with Gasteiger partial charge >= 0.3 is 0 Å². The Labute approximate surface area is 165 Å². The lowest BCUT2D eigenvalue weighted by Gasteiger charge is -2.06. The Hall–Kier alpha value is -2.42. The average molecular weight is 422 g/mol. The van der Waals surface area contributed by atoms with Crippen LogP contribution in [0.4, 0.5) is 5.69 Å². The number of carbonyl (C=O) groups is 1. The number of hydrogen-bond donors (Lipinski definition) is 2. The predicted octanol–water partition coefficient (Wildman–Crippen LogP) is 4.08. The zero-order valence-electron chi connectivity index (χ0n) is 14.5. The van der Waals surface area contributed by atoms with Crippen LogP contribution in [0.25, 0.3) is 10.1 Å². The third-order valence-electron chi connectivity index (χ3n) is 3.67. The van der Waals surface area contributed by atoms with E-state index in [-0.39, 0.29) is 5.91 Å². The van der Waals surface area contributed by atoms with Crippen LogP contribution in [-0.2, 0) is 10.0 Å². The molecule has 3 rings (SSSR count). The van der Waals surface area contributed by atoms with Gasteiger partial charge in [0.25, 0.3) is 5.91 Å². The van der Waals surface area contributed by atoms with Crippen molar-refractivity contribution in [1.29, 1.82) is 0 Å². The van der Waals surface area contributed by atoms with Crippen molar-refractivity contribution in [1.82, 2.24) is 5.43 Å². The summed E-state index contributed by atoms with van der Waals surface area (Å²) in [6.07, 6.45) is 1.09. The number of hydrazone groups is 1. The lowest BCUT2D eigenvalue weighted by atomic mass is 10.1. The molecule has 1 heterocycles. The normalized spacial score (nSPS) is 12.2. The molecular weight excluding hydrogens is 406 g/mol. The summed E-state index contributed by atoms with van der Waals surface area (Å²) in [6, 6.07) is 14.2. The molecule has 0 radical (unpaired) electrons. The molecular formula is C18H16ClN3O3S2. The first-order valence-electron chi connectivity index (χ1n) is 7.84. The molecule has 2 aromatic carbocycles. The van der Waals surface area contributed by atoms with E-state index in [0.717, 1.165) is 21.9 Å². The highest BCUT2D eigenvalue weighted by atomic mass is 35.5. The minimum atomic E-state index is -3.33. The topological polar surface area (TPSA) is 87.6 Å². The summed E-state index contributed by atoms with van der Waals surface area (Å²) in [5.74, 6) is -0.379. The van der Waals surface area contributed by atoms with Crippen molar-refractivity contribution in [3.63, 3.8) is 0 Å². The van der Waals surface area contributed by atoms with Gasteiger partial charge in [-0.15, -0.1) is 11.3 Å². The molecule has 0 saturated heterocycles. The van der Waals surface area contributed by atoms with E-state index >= 15 is 0 Å². The van der Waals surface area contributed by atoms with Crippen LogP contribution >= 0.6 is 22.9 Å². The zero-order chi connectivity index (χ0) is 19.6. The minimum Gasteiger partial charge on any atom is -0.284 e. The molecule has 0 atom stereocenters. The average Bonchev–Trinajstić information content (AvgIpc) is 2.96. The number of nitrogens with zero attached hydrogens (tertiary/aromatic N) is 1. The second-order valence-corrected chi connectivity index (χ2v) is 9.01. The third kappa shape index (κ3) is 4.65. The van der Waals surface area contributed by atoms with E-state index in [9.17, 15) is 13.2 Å². The lowest BCUT2D eigenvalue weighted by molar-refractivity contribution is 0.0959. The summed E-state index contributed by atoms with van der Waals surface area (Å²) in [4.78, 5) is 12.8. The van der Waals surface area contributed by atoms with Gasteiger partial charge in [0.05, 0.1) is 17.0 Å². The van der Waals surface area contributed by atoms with Crippen LogP contribution in [-0.4, -0.2) is 26.3 Å². The number of halogens is 1. The van der Waals surface area contributed by atoms with Crippen LogP contribution in [0.2, 0.25) is 5.02 Å². The maximum atomic E-state index is 12.4. The van der Waals surface area contributed by atoms with Gasteiger partial charge < -0.3 is 0 Å². The molecule has 0 unspecified atom stereocenters. The molecule has 0 aliphatic rings. The quantitative estimate of drug-likeness (QED) is 0.480. The van der Waals surface area contributed by atoms with Gasteiger partial charge in [0.15, 0.2) is 0 Å². The molecule has 27 heavy (non-hydrogen) atoms. The van der Waals surface area contributed by atoms with Gasteiger partial charge in [-0.1, -0.05) is 41.9 Å². The fourth-order valence-corrected chi connectivity index (χ4v) is 4.37. The first kappa shape index (κ1) is 19.3. The molecule has 0 aliphatic heterocycles. The fraction of sp³-hybridized carbons (Fsp3) is 0.111. The number of amides is 1. The van der Waals surface area contributed by atoms with Crippen molar-refractivity contribution in [3.05, 3.63) is 64.0 Å². The van der Waals surface area contributed by atoms with Gasteiger partial charge in [-0.3, -0.25) is 9.52 Å². The fourth-order valence-electron chi connectivity index (χ4n) is 2.40. The first-order chi connectivity index (χ1) is 12.7. The molecule has 1 amide bonds. The van der Waals surface area contributed by atoms with Crippen molar-refractivity contribution in [2.45, 2.75) is 6.92 Å². The molecule has 0 spiro atoms. The molecule has 0 aliphatic carbocycles. The van der Waals surface area contributed by atoms with Crippen molar-refractivity contribution < 1.29 is 13.2 Å². The number of benzene rings is 2. The lowest BCUT2D eigenvalue weighted by Crippen LogP contribution is -2.18. The molecule has 0 bridgehead atoms. The zero-order valence-corrected chi connectivity index (χ0v) is 16.9. The molecule has 0 fully saturated rings. The number of thiophene rings is 1. The molecule has 6 nitrogen and oxygen atoms in total. The van der Waals surface area contributed by atoms with Crippen LogP contribution < -0.4 is 10.1 Å². The Kier molecular flexibility index (Phi) is 5.50. The van der Waals surface area contributed by atoms with E-state index in [1.165, 1.54) is 11.3 Å². The number of anilines is 1. The highest BCUT2D eigenvalue weighted by Gasteiger charge is 2.16. The standard InChI is InChI=1S/C18H16ClN3O3S2/c1-11(12-7-9-13(10-8-12)22-27(2,24)25)20-21-18(23)17-16(19)14-5-3-4-6-15(14)26-17/h3-10,22H,1-2H3,(H,21,23)/b20-11-. The summed E-state index contributed by atoms with van der Waals surface area (Å²) < 4.78 is 25.8. The molecule has 1 aromatic heterocycles. The molecule has 3 aromatic rings.